The van der Waals surface area contributed by atoms with Gasteiger partial charge in [-0.25, -0.2) is 4.98 Å². The van der Waals surface area contributed by atoms with E-state index in [1.165, 1.54) is 10.9 Å². The molecule has 3 aromatic heterocycles. The van der Waals surface area contributed by atoms with Gasteiger partial charge in [0, 0.05) is 23.8 Å². The Hall–Kier alpha value is -2.73. The summed E-state index contributed by atoms with van der Waals surface area (Å²) in [6, 6.07) is 9.12. The molecule has 108 valence electrons. The van der Waals surface area contributed by atoms with Crippen molar-refractivity contribution in [1.29, 1.82) is 0 Å². The van der Waals surface area contributed by atoms with E-state index in [1.807, 2.05) is 18.2 Å². The van der Waals surface area contributed by atoms with E-state index >= 15 is 0 Å². The maximum absolute atomic E-state index is 12.6. The van der Waals surface area contributed by atoms with Crippen molar-refractivity contribution < 1.29 is 0 Å². The van der Waals surface area contributed by atoms with Crippen LogP contribution in [0.15, 0.2) is 47.7 Å². The van der Waals surface area contributed by atoms with Gasteiger partial charge in [-0.2, -0.15) is 14.6 Å². The summed E-state index contributed by atoms with van der Waals surface area (Å²) in [4.78, 5) is 21.1. The molecule has 4 rings (SSSR count). The Labute approximate surface area is 129 Å². The van der Waals surface area contributed by atoms with Gasteiger partial charge >= 0.3 is 0 Å². The molecule has 6 nitrogen and oxygen atoms in total. The Morgan fingerprint density at radius 2 is 2.00 bits per heavy atom. The summed E-state index contributed by atoms with van der Waals surface area (Å²) in [7, 11) is 1.70. The lowest BCUT2D eigenvalue weighted by molar-refractivity contribution is 0.867. The molecule has 7 heteroatoms. The Balaban J connectivity index is 2.31. The molecule has 4 aromatic rings. The van der Waals surface area contributed by atoms with Crippen molar-refractivity contribution in [2.45, 2.75) is 0 Å². The molecule has 0 radical (unpaired) electrons. The summed E-state index contributed by atoms with van der Waals surface area (Å²) < 4.78 is 3.05. The summed E-state index contributed by atoms with van der Waals surface area (Å²) in [5, 5.41) is 5.20. The highest BCUT2D eigenvalue weighted by Crippen LogP contribution is 2.31. The van der Waals surface area contributed by atoms with Gasteiger partial charge in [0.1, 0.15) is 6.33 Å². The van der Waals surface area contributed by atoms with E-state index in [2.05, 4.69) is 15.1 Å². The Morgan fingerprint density at radius 3 is 2.82 bits per heavy atom. The van der Waals surface area contributed by atoms with Crippen LogP contribution in [-0.4, -0.2) is 24.1 Å². The molecule has 0 spiro atoms. The molecule has 0 atom stereocenters. The Morgan fingerprint density at radius 1 is 1.18 bits per heavy atom. The third-order valence-electron chi connectivity index (χ3n) is 3.57. The summed E-state index contributed by atoms with van der Waals surface area (Å²) >= 11 is 6.33. The Kier molecular flexibility index (Phi) is 2.74. The van der Waals surface area contributed by atoms with Crippen LogP contribution in [0.1, 0.15) is 0 Å². The van der Waals surface area contributed by atoms with Gasteiger partial charge in [0.25, 0.3) is 11.3 Å². The molecule has 0 aliphatic rings. The average molecular weight is 312 g/mol. The highest BCUT2D eigenvalue weighted by molar-refractivity contribution is 6.33. The second kappa shape index (κ2) is 4.64. The number of aryl methyl sites for hydroxylation is 1. The van der Waals surface area contributed by atoms with Gasteiger partial charge in [0.15, 0.2) is 0 Å². The molecule has 0 aliphatic carbocycles. The van der Waals surface area contributed by atoms with Crippen molar-refractivity contribution >= 4 is 28.3 Å². The van der Waals surface area contributed by atoms with Crippen LogP contribution < -0.4 is 5.56 Å². The minimum Gasteiger partial charge on any atom is -0.318 e. The highest BCUT2D eigenvalue weighted by atomic mass is 35.5. The standard InChI is InChI=1S/C15H10ClN5O/c1-20-7-6-11-12(14(20)22)13(9-4-2-3-5-10(9)16)21-15(19-11)17-8-18-21/h2-8H,1H3. The van der Waals surface area contributed by atoms with Crippen LogP contribution in [0, 0.1) is 0 Å². The molecule has 0 saturated heterocycles. The molecule has 0 bridgehead atoms. The lowest BCUT2D eigenvalue weighted by atomic mass is 10.1. The second-order valence-corrected chi connectivity index (χ2v) is 5.31. The second-order valence-electron chi connectivity index (χ2n) is 4.90. The predicted octanol–water partition coefficient (Wildman–Crippen LogP) is 2.30. The molecule has 0 amide bonds. The minimum absolute atomic E-state index is 0.155. The fraction of sp³-hybridized carbons (Fsp3) is 0.0667. The molecule has 0 unspecified atom stereocenters. The van der Waals surface area contributed by atoms with Gasteiger partial charge in [-0.3, -0.25) is 4.79 Å². The number of aromatic nitrogens is 5. The maximum Gasteiger partial charge on any atom is 0.261 e. The van der Waals surface area contributed by atoms with Crippen molar-refractivity contribution in [1.82, 2.24) is 24.1 Å². The zero-order valence-electron chi connectivity index (χ0n) is 11.6. The first-order valence-electron chi connectivity index (χ1n) is 6.61. The molecular weight excluding hydrogens is 302 g/mol. The van der Waals surface area contributed by atoms with Gasteiger partial charge in [-0.15, -0.1) is 0 Å². The third-order valence-corrected chi connectivity index (χ3v) is 3.90. The third kappa shape index (κ3) is 1.74. The van der Waals surface area contributed by atoms with E-state index in [-0.39, 0.29) is 5.56 Å². The number of pyridine rings is 1. The minimum atomic E-state index is -0.155. The van der Waals surface area contributed by atoms with Crippen LogP contribution in [0.3, 0.4) is 0 Å². The van der Waals surface area contributed by atoms with Gasteiger partial charge in [0.05, 0.1) is 16.6 Å². The van der Waals surface area contributed by atoms with Gasteiger partial charge in [0.2, 0.25) is 0 Å². The fourth-order valence-corrected chi connectivity index (χ4v) is 2.75. The summed E-state index contributed by atoms with van der Waals surface area (Å²) in [5.74, 6) is 0.427. The molecule has 0 fully saturated rings. The lowest BCUT2D eigenvalue weighted by Gasteiger charge is -2.10. The molecule has 3 heterocycles. The fourth-order valence-electron chi connectivity index (χ4n) is 2.52. The van der Waals surface area contributed by atoms with E-state index in [0.29, 0.717) is 27.4 Å². The lowest BCUT2D eigenvalue weighted by Crippen LogP contribution is -2.18. The number of hydrogen-bond acceptors (Lipinski definition) is 4. The van der Waals surface area contributed by atoms with Crippen LogP contribution in [0.5, 0.6) is 0 Å². The summed E-state index contributed by atoms with van der Waals surface area (Å²) in [6.45, 7) is 0. The number of halogens is 1. The van der Waals surface area contributed by atoms with Crippen LogP contribution >= 0.6 is 11.6 Å². The number of benzene rings is 1. The van der Waals surface area contributed by atoms with Crippen LogP contribution in [0.2, 0.25) is 5.02 Å². The van der Waals surface area contributed by atoms with Crippen molar-refractivity contribution in [2.24, 2.45) is 7.05 Å². The van der Waals surface area contributed by atoms with Gasteiger partial charge < -0.3 is 4.57 Å². The van der Waals surface area contributed by atoms with Gasteiger partial charge in [-0.1, -0.05) is 29.8 Å². The highest BCUT2D eigenvalue weighted by Gasteiger charge is 2.17. The number of hydrogen-bond donors (Lipinski definition) is 0. The average Bonchev–Trinajstić information content (AvgIpc) is 2.98. The number of fused-ring (bicyclic) bond motifs is 2. The smallest absolute Gasteiger partial charge is 0.261 e. The van der Waals surface area contributed by atoms with Crippen LogP contribution in [0.4, 0.5) is 0 Å². The molecule has 0 saturated carbocycles. The largest absolute Gasteiger partial charge is 0.318 e. The summed E-state index contributed by atoms with van der Waals surface area (Å²) in [5.41, 5.74) is 1.73. The number of nitrogens with zero attached hydrogens (tertiary/aromatic N) is 5. The number of rotatable bonds is 1. The topological polar surface area (TPSA) is 65.1 Å². The van der Waals surface area contributed by atoms with Crippen LogP contribution in [0.25, 0.3) is 27.9 Å². The Bertz CT molecular complexity index is 1080. The van der Waals surface area contributed by atoms with Crippen molar-refractivity contribution in [3.63, 3.8) is 0 Å². The van der Waals surface area contributed by atoms with E-state index in [1.54, 1.807) is 29.9 Å². The normalized spacial score (nSPS) is 11.4. The quantitative estimate of drug-likeness (QED) is 0.541. The zero-order chi connectivity index (χ0) is 15.3. The molecule has 1 aromatic carbocycles. The molecular formula is C15H10ClN5O. The van der Waals surface area contributed by atoms with Crippen molar-refractivity contribution in [3.8, 4) is 11.3 Å². The molecule has 0 aliphatic heterocycles. The monoisotopic (exact) mass is 311 g/mol. The zero-order valence-corrected chi connectivity index (χ0v) is 12.3. The first-order chi connectivity index (χ1) is 10.7. The van der Waals surface area contributed by atoms with Gasteiger partial charge in [-0.05, 0) is 12.1 Å². The van der Waals surface area contributed by atoms with E-state index in [0.717, 1.165) is 5.56 Å². The van der Waals surface area contributed by atoms with E-state index in [9.17, 15) is 4.79 Å². The van der Waals surface area contributed by atoms with E-state index in [4.69, 9.17) is 11.6 Å². The van der Waals surface area contributed by atoms with Crippen LogP contribution in [-0.2, 0) is 7.05 Å². The molecule has 22 heavy (non-hydrogen) atoms. The predicted molar refractivity (Wildman–Crippen MR) is 84.0 cm³/mol. The van der Waals surface area contributed by atoms with Crippen molar-refractivity contribution in [2.75, 3.05) is 0 Å². The molecule has 0 N–H and O–H groups in total. The first kappa shape index (κ1) is 13.0. The maximum atomic E-state index is 12.6. The summed E-state index contributed by atoms with van der Waals surface area (Å²) in [6.07, 6.45) is 3.09. The van der Waals surface area contributed by atoms with E-state index < -0.39 is 0 Å². The first-order valence-corrected chi connectivity index (χ1v) is 6.98. The van der Waals surface area contributed by atoms with Crippen molar-refractivity contribution in [3.05, 3.63) is 58.2 Å². The SMILES string of the molecule is Cn1ccc2nc3ncnn3c(-c3ccccc3Cl)c2c1=O.